The van der Waals surface area contributed by atoms with Gasteiger partial charge in [0.2, 0.25) is 0 Å². The highest BCUT2D eigenvalue weighted by Crippen LogP contribution is 2.31. The Kier molecular flexibility index (Phi) is 2.69. The van der Waals surface area contributed by atoms with Gasteiger partial charge in [0.1, 0.15) is 17.6 Å². The molecule has 0 aliphatic rings. The number of phenolic OH excluding ortho intramolecular Hbond substituents is 1. The molecule has 20 heavy (non-hydrogen) atoms. The van der Waals surface area contributed by atoms with Crippen LogP contribution in [-0.4, -0.2) is 9.67 Å². The van der Waals surface area contributed by atoms with Gasteiger partial charge in [-0.1, -0.05) is 0 Å². The summed E-state index contributed by atoms with van der Waals surface area (Å²) in [5.41, 5.74) is 2.87. The molecule has 1 N–H and O–H groups in total. The van der Waals surface area contributed by atoms with Crippen LogP contribution < -0.4 is 0 Å². The molecule has 4 heteroatoms. The minimum absolute atomic E-state index is 0.116. The number of fused-ring (bicyclic) bond motifs is 1. The van der Waals surface area contributed by atoms with E-state index in [9.17, 15) is 14.8 Å². The van der Waals surface area contributed by atoms with Crippen LogP contribution in [0.15, 0.2) is 42.5 Å². The number of hydrogen-bond donors (Lipinski definition) is 1. The van der Waals surface area contributed by atoms with Crippen LogP contribution in [-0.2, 0) is 0 Å². The fourth-order valence-corrected chi connectivity index (χ4v) is 2.47. The van der Waals surface area contributed by atoms with Crippen molar-refractivity contribution in [2.75, 3.05) is 0 Å². The first-order chi connectivity index (χ1) is 9.61. The summed E-state index contributed by atoms with van der Waals surface area (Å²) in [5.74, 6) is -0.189. The number of aromatic hydroxyl groups is 1. The minimum atomic E-state index is -0.305. The number of benzene rings is 2. The molecule has 0 bridgehead atoms. The highest BCUT2D eigenvalue weighted by molar-refractivity contribution is 5.90. The van der Waals surface area contributed by atoms with Crippen LogP contribution in [0.2, 0.25) is 0 Å². The normalized spacial score (nSPS) is 10.7. The lowest BCUT2D eigenvalue weighted by molar-refractivity contribution is 0.476. The van der Waals surface area contributed by atoms with E-state index in [0.29, 0.717) is 10.9 Å². The largest absolute Gasteiger partial charge is 0.508 e. The fraction of sp³-hybridized carbons (Fsp3) is 0.0625. The molecule has 3 nitrogen and oxygen atoms in total. The van der Waals surface area contributed by atoms with E-state index < -0.39 is 0 Å². The lowest BCUT2D eigenvalue weighted by Gasteiger charge is -2.08. The molecule has 0 unspecified atom stereocenters. The van der Waals surface area contributed by atoms with Gasteiger partial charge in [0, 0.05) is 16.8 Å². The topological polar surface area (TPSA) is 48.9 Å². The molecule has 0 amide bonds. The lowest BCUT2D eigenvalue weighted by Crippen LogP contribution is -1.96. The summed E-state index contributed by atoms with van der Waals surface area (Å²) in [6.45, 7) is 1.83. The van der Waals surface area contributed by atoms with Crippen molar-refractivity contribution in [2.24, 2.45) is 0 Å². The quantitative estimate of drug-likeness (QED) is 0.730. The third-order valence-electron chi connectivity index (χ3n) is 3.38. The van der Waals surface area contributed by atoms with E-state index >= 15 is 0 Å². The molecule has 2 aromatic carbocycles. The van der Waals surface area contributed by atoms with Gasteiger partial charge in [-0.3, -0.25) is 0 Å². The van der Waals surface area contributed by atoms with Crippen molar-refractivity contribution in [2.45, 2.75) is 6.92 Å². The Morgan fingerprint density at radius 3 is 2.50 bits per heavy atom. The predicted molar refractivity (Wildman–Crippen MR) is 74.3 cm³/mol. The number of rotatable bonds is 1. The summed E-state index contributed by atoms with van der Waals surface area (Å²) in [5, 5.41) is 19.6. The summed E-state index contributed by atoms with van der Waals surface area (Å²) in [6, 6.07) is 13.1. The van der Waals surface area contributed by atoms with E-state index in [4.69, 9.17) is 0 Å². The molecule has 0 saturated heterocycles. The Hall–Kier alpha value is -2.80. The van der Waals surface area contributed by atoms with Crippen molar-refractivity contribution in [3.05, 3.63) is 59.5 Å². The zero-order valence-corrected chi connectivity index (χ0v) is 10.8. The van der Waals surface area contributed by atoms with E-state index in [0.717, 1.165) is 16.9 Å². The Labute approximate surface area is 115 Å². The number of aromatic nitrogens is 1. The van der Waals surface area contributed by atoms with E-state index in [-0.39, 0.29) is 11.6 Å². The molecule has 1 heterocycles. The molecule has 98 valence electrons. The van der Waals surface area contributed by atoms with E-state index in [2.05, 4.69) is 6.07 Å². The first-order valence-electron chi connectivity index (χ1n) is 6.12. The molecular formula is C16H11FN2O. The maximum atomic E-state index is 13.0. The number of phenols is 1. The maximum Gasteiger partial charge on any atom is 0.123 e. The van der Waals surface area contributed by atoms with Crippen molar-refractivity contribution in [3.63, 3.8) is 0 Å². The average Bonchev–Trinajstić information content (AvgIpc) is 2.71. The van der Waals surface area contributed by atoms with Gasteiger partial charge in [0.25, 0.3) is 0 Å². The summed E-state index contributed by atoms with van der Waals surface area (Å²) < 4.78 is 14.9. The van der Waals surface area contributed by atoms with Crippen LogP contribution in [0.4, 0.5) is 4.39 Å². The van der Waals surface area contributed by atoms with Gasteiger partial charge in [0.05, 0.1) is 11.1 Å². The van der Waals surface area contributed by atoms with Gasteiger partial charge < -0.3 is 9.67 Å². The SMILES string of the molecule is Cc1c(C#N)c2cc(O)ccc2n1-c1ccc(F)cc1. The van der Waals surface area contributed by atoms with E-state index in [1.165, 1.54) is 12.1 Å². The number of nitrogens with zero attached hydrogens (tertiary/aromatic N) is 2. The molecule has 0 radical (unpaired) electrons. The number of nitriles is 1. The van der Waals surface area contributed by atoms with Crippen molar-refractivity contribution >= 4 is 10.9 Å². The van der Waals surface area contributed by atoms with Crippen LogP contribution >= 0.6 is 0 Å². The highest BCUT2D eigenvalue weighted by Gasteiger charge is 2.15. The molecule has 1 aromatic heterocycles. The van der Waals surface area contributed by atoms with Crippen LogP contribution in [0.25, 0.3) is 16.6 Å². The highest BCUT2D eigenvalue weighted by atomic mass is 19.1. The summed E-state index contributed by atoms with van der Waals surface area (Å²) in [4.78, 5) is 0. The Bertz CT molecular complexity index is 842. The third kappa shape index (κ3) is 1.72. The standard InChI is InChI=1S/C16H11FN2O/c1-10-15(9-18)14-8-13(20)6-7-16(14)19(10)12-4-2-11(17)3-5-12/h2-8,20H,1H3. The van der Waals surface area contributed by atoms with Gasteiger partial charge in [-0.25, -0.2) is 4.39 Å². The van der Waals surface area contributed by atoms with Crippen molar-refractivity contribution in [1.29, 1.82) is 5.26 Å². The van der Waals surface area contributed by atoms with Crippen molar-refractivity contribution in [1.82, 2.24) is 4.57 Å². The van der Waals surface area contributed by atoms with Gasteiger partial charge in [-0.15, -0.1) is 0 Å². The van der Waals surface area contributed by atoms with Crippen LogP contribution in [0.5, 0.6) is 5.75 Å². The van der Waals surface area contributed by atoms with Crippen LogP contribution in [0, 0.1) is 24.1 Å². The zero-order chi connectivity index (χ0) is 14.3. The van der Waals surface area contributed by atoms with Gasteiger partial charge in [-0.2, -0.15) is 5.26 Å². The summed E-state index contributed by atoms with van der Waals surface area (Å²) >= 11 is 0. The molecule has 0 aliphatic heterocycles. The second kappa shape index (κ2) is 4.39. The number of hydrogen-bond acceptors (Lipinski definition) is 2. The molecule has 3 aromatic rings. The molecule has 0 saturated carbocycles. The first-order valence-corrected chi connectivity index (χ1v) is 6.12. The van der Waals surface area contributed by atoms with E-state index in [1.807, 2.05) is 11.5 Å². The fourth-order valence-electron chi connectivity index (χ4n) is 2.47. The molecule has 0 aliphatic carbocycles. The van der Waals surface area contributed by atoms with Crippen molar-refractivity contribution < 1.29 is 9.50 Å². The second-order valence-electron chi connectivity index (χ2n) is 4.59. The zero-order valence-electron chi connectivity index (χ0n) is 10.8. The Morgan fingerprint density at radius 2 is 1.85 bits per heavy atom. The van der Waals surface area contributed by atoms with Gasteiger partial charge in [-0.05, 0) is 49.4 Å². The molecule has 3 rings (SSSR count). The summed E-state index contributed by atoms with van der Waals surface area (Å²) in [6.07, 6.45) is 0. The average molecular weight is 266 g/mol. The predicted octanol–water partition coefficient (Wildman–Crippen LogP) is 3.66. The smallest absolute Gasteiger partial charge is 0.123 e. The van der Waals surface area contributed by atoms with Crippen LogP contribution in [0.1, 0.15) is 11.3 Å². The van der Waals surface area contributed by atoms with Gasteiger partial charge >= 0.3 is 0 Å². The second-order valence-corrected chi connectivity index (χ2v) is 4.59. The Balaban J connectivity index is 2.39. The first kappa shape index (κ1) is 12.2. The van der Waals surface area contributed by atoms with Crippen LogP contribution in [0.3, 0.4) is 0 Å². The third-order valence-corrected chi connectivity index (χ3v) is 3.38. The van der Waals surface area contributed by atoms with Crippen molar-refractivity contribution in [3.8, 4) is 17.5 Å². The minimum Gasteiger partial charge on any atom is -0.508 e. The lowest BCUT2D eigenvalue weighted by atomic mass is 10.1. The monoisotopic (exact) mass is 266 g/mol. The number of halogens is 1. The Morgan fingerprint density at radius 1 is 1.15 bits per heavy atom. The molecular weight excluding hydrogens is 255 g/mol. The van der Waals surface area contributed by atoms with E-state index in [1.54, 1.807) is 30.3 Å². The molecule has 0 fully saturated rings. The maximum absolute atomic E-state index is 13.0. The molecule has 0 atom stereocenters. The van der Waals surface area contributed by atoms with Gasteiger partial charge in [0.15, 0.2) is 0 Å². The molecule has 0 spiro atoms. The summed E-state index contributed by atoms with van der Waals surface area (Å²) in [7, 11) is 0.